The van der Waals surface area contributed by atoms with Gasteiger partial charge in [0.05, 0.1) is 13.2 Å². The molecule has 128 valence electrons. The van der Waals surface area contributed by atoms with Crippen LogP contribution in [0.2, 0.25) is 6.82 Å². The van der Waals surface area contributed by atoms with E-state index in [1.165, 1.54) is 0 Å². The lowest BCUT2D eigenvalue weighted by atomic mass is 9.62. The molecule has 0 spiro atoms. The van der Waals surface area contributed by atoms with Crippen molar-refractivity contribution in [1.29, 1.82) is 0 Å². The van der Waals surface area contributed by atoms with Gasteiger partial charge in [0.15, 0.2) is 0 Å². The summed E-state index contributed by atoms with van der Waals surface area (Å²) in [7, 11) is -0.784. The van der Waals surface area contributed by atoms with E-state index in [0.717, 1.165) is 16.6 Å². The lowest BCUT2D eigenvalue weighted by molar-refractivity contribution is 0.275. The van der Waals surface area contributed by atoms with Crippen LogP contribution in [0.4, 0.5) is 11.4 Å². The summed E-state index contributed by atoms with van der Waals surface area (Å²) in [5.74, 6) is 0. The summed E-state index contributed by atoms with van der Waals surface area (Å²) in [6, 6.07) is 10.5. The molecule has 0 bridgehead atoms. The van der Waals surface area contributed by atoms with Crippen LogP contribution in [0.3, 0.4) is 0 Å². The van der Waals surface area contributed by atoms with Crippen molar-refractivity contribution in [2.45, 2.75) is 20.0 Å². The number of nitrogen functional groups attached to an aromatic ring is 2. The molecule has 2 aromatic carbocycles. The fourth-order valence-corrected chi connectivity index (χ4v) is 2.38. The van der Waals surface area contributed by atoms with Gasteiger partial charge in [0, 0.05) is 11.4 Å². The number of rotatable bonds is 2. The van der Waals surface area contributed by atoms with Gasteiger partial charge in [-0.25, -0.2) is 0 Å². The molecular weight excluding hydrogens is 310 g/mol. The number of benzene rings is 2. The third-order valence-corrected chi connectivity index (χ3v) is 3.62. The maximum atomic E-state index is 9.29. The van der Waals surface area contributed by atoms with Crippen LogP contribution in [-0.4, -0.2) is 34.7 Å². The highest BCUT2D eigenvalue weighted by molar-refractivity contribution is 6.65. The summed E-state index contributed by atoms with van der Waals surface area (Å²) in [5, 5.41) is 27.4. The quantitative estimate of drug-likeness (QED) is 0.324. The molecule has 3 rings (SSSR count). The molecule has 0 saturated carbocycles. The van der Waals surface area contributed by atoms with Crippen LogP contribution in [0.5, 0.6) is 0 Å². The Balaban J connectivity index is 0.000000231. The molecule has 9 heteroatoms. The van der Waals surface area contributed by atoms with Gasteiger partial charge in [0.2, 0.25) is 0 Å². The lowest BCUT2D eigenvalue weighted by Gasteiger charge is -2.07. The summed E-state index contributed by atoms with van der Waals surface area (Å²) in [6.07, 6.45) is 0. The highest BCUT2D eigenvalue weighted by Crippen LogP contribution is 2.11. The Hall–Kier alpha value is -2.03. The zero-order valence-electron chi connectivity index (χ0n) is 13.4. The maximum absolute atomic E-state index is 9.29. The van der Waals surface area contributed by atoms with Crippen LogP contribution in [0, 0.1) is 0 Å². The van der Waals surface area contributed by atoms with Crippen molar-refractivity contribution in [3.8, 4) is 0 Å². The van der Waals surface area contributed by atoms with Gasteiger partial charge in [-0.3, -0.25) is 0 Å². The summed E-state index contributed by atoms with van der Waals surface area (Å²) in [5.41, 5.74) is 15.5. The predicted octanol–water partition coefficient (Wildman–Crippen LogP) is -1.76. The first-order chi connectivity index (χ1) is 10.9. The molecule has 24 heavy (non-hydrogen) atoms. The molecule has 0 aromatic heterocycles. The van der Waals surface area contributed by atoms with Crippen molar-refractivity contribution in [3.63, 3.8) is 0 Å². The molecular formula is C15H22B2N2O5. The zero-order valence-corrected chi connectivity index (χ0v) is 13.4. The molecule has 1 aliphatic heterocycles. The number of hydrogen-bond acceptors (Lipinski definition) is 6. The van der Waals surface area contributed by atoms with E-state index in [0.29, 0.717) is 23.4 Å². The second kappa shape index (κ2) is 8.72. The fourth-order valence-electron chi connectivity index (χ4n) is 2.38. The van der Waals surface area contributed by atoms with Gasteiger partial charge in [-0.2, -0.15) is 0 Å². The van der Waals surface area contributed by atoms with Gasteiger partial charge >= 0.3 is 14.0 Å². The maximum Gasteiger partial charge on any atom is 0.491 e. The molecule has 0 atom stereocenters. The first kappa shape index (κ1) is 20.0. The van der Waals surface area contributed by atoms with Crippen LogP contribution < -0.4 is 22.4 Å². The summed E-state index contributed by atoms with van der Waals surface area (Å²) < 4.78 is 4.98. The van der Waals surface area contributed by atoms with Gasteiger partial charge in [0.1, 0.15) is 0 Å². The molecule has 0 fully saturated rings. The van der Waals surface area contributed by atoms with Crippen molar-refractivity contribution in [1.82, 2.24) is 0 Å². The fraction of sp³-hybridized carbons (Fsp3) is 0.200. The lowest BCUT2D eigenvalue weighted by Crippen LogP contribution is -2.30. The SMILES string of the molecule is CB(O)c1cc(N)ccc1CO.Nc1ccc2c(c1)B(O)OC2.O. The average molecular weight is 332 g/mol. The minimum absolute atomic E-state index is 0. The minimum atomic E-state index is -0.784. The van der Waals surface area contributed by atoms with Crippen molar-refractivity contribution in [3.05, 3.63) is 47.5 Å². The Morgan fingerprint density at radius 3 is 2.42 bits per heavy atom. The van der Waals surface area contributed by atoms with E-state index in [-0.39, 0.29) is 12.1 Å². The number of fused-ring (bicyclic) bond motifs is 1. The van der Waals surface area contributed by atoms with Gasteiger partial charge in [-0.05, 0) is 46.3 Å². The number of nitrogens with two attached hydrogens (primary N) is 2. The monoisotopic (exact) mass is 332 g/mol. The number of hydrogen-bond donors (Lipinski definition) is 5. The van der Waals surface area contributed by atoms with E-state index in [1.807, 2.05) is 6.07 Å². The van der Waals surface area contributed by atoms with Crippen LogP contribution in [0.25, 0.3) is 0 Å². The highest BCUT2D eigenvalue weighted by atomic mass is 16.5. The molecule has 2 aromatic rings. The average Bonchev–Trinajstić information content (AvgIpc) is 2.89. The van der Waals surface area contributed by atoms with Gasteiger partial charge in [0.25, 0.3) is 0 Å². The molecule has 1 heterocycles. The summed E-state index contributed by atoms with van der Waals surface area (Å²) in [6.45, 7) is 1.47. The Labute approximate surface area is 141 Å². The molecule has 0 aliphatic carbocycles. The number of anilines is 2. The predicted molar refractivity (Wildman–Crippen MR) is 97.1 cm³/mol. The van der Waals surface area contributed by atoms with E-state index in [9.17, 15) is 10.0 Å². The van der Waals surface area contributed by atoms with Crippen molar-refractivity contribution in [2.75, 3.05) is 11.5 Å². The van der Waals surface area contributed by atoms with Crippen LogP contribution in [0.1, 0.15) is 11.1 Å². The van der Waals surface area contributed by atoms with E-state index in [2.05, 4.69) is 0 Å². The normalized spacial score (nSPS) is 11.9. The van der Waals surface area contributed by atoms with Crippen LogP contribution in [-0.2, 0) is 17.9 Å². The third-order valence-electron chi connectivity index (χ3n) is 3.62. The van der Waals surface area contributed by atoms with Gasteiger partial charge < -0.3 is 36.8 Å². The van der Waals surface area contributed by atoms with Gasteiger partial charge in [-0.1, -0.05) is 19.0 Å². The first-order valence-corrected chi connectivity index (χ1v) is 7.27. The number of aliphatic hydroxyl groups is 1. The van der Waals surface area contributed by atoms with E-state index >= 15 is 0 Å². The standard InChI is InChI=1S/C8H12BNO2.C7H8BNO2.H2O/c1-9(12)8-4-7(10)3-2-6(8)5-11;9-6-2-1-5-4-11-8(10)7(5)3-6;/h2-4,11-12H,5,10H2,1H3;1-3,10H,4,9H2;1H2. The van der Waals surface area contributed by atoms with Gasteiger partial charge in [-0.15, -0.1) is 0 Å². The largest absolute Gasteiger partial charge is 0.491 e. The smallest absolute Gasteiger partial charge is 0.446 e. The molecule has 7 nitrogen and oxygen atoms in total. The van der Waals surface area contributed by atoms with E-state index in [1.54, 1.807) is 37.2 Å². The third kappa shape index (κ3) is 4.73. The molecule has 0 unspecified atom stereocenters. The zero-order chi connectivity index (χ0) is 17.0. The summed E-state index contributed by atoms with van der Waals surface area (Å²) in [4.78, 5) is 0. The molecule has 9 N–H and O–H groups in total. The van der Waals surface area contributed by atoms with Crippen molar-refractivity contribution < 1.29 is 25.3 Å². The Morgan fingerprint density at radius 1 is 1.17 bits per heavy atom. The molecule has 0 radical (unpaired) electrons. The Morgan fingerprint density at radius 2 is 1.79 bits per heavy atom. The van der Waals surface area contributed by atoms with E-state index < -0.39 is 14.0 Å². The topological polar surface area (TPSA) is 153 Å². The minimum Gasteiger partial charge on any atom is -0.446 e. The van der Waals surface area contributed by atoms with Crippen molar-refractivity contribution in [2.24, 2.45) is 0 Å². The second-order valence-electron chi connectivity index (χ2n) is 5.41. The number of aliphatic hydroxyl groups excluding tert-OH is 1. The first-order valence-electron chi connectivity index (χ1n) is 7.27. The molecule has 1 aliphatic rings. The Bertz CT molecular complexity index is 685. The Kier molecular flexibility index (Phi) is 7.27. The van der Waals surface area contributed by atoms with Crippen LogP contribution in [0.15, 0.2) is 36.4 Å². The highest BCUT2D eigenvalue weighted by Gasteiger charge is 2.26. The molecule has 0 amide bonds. The van der Waals surface area contributed by atoms with Crippen molar-refractivity contribution >= 4 is 36.3 Å². The van der Waals surface area contributed by atoms with Crippen LogP contribution >= 0.6 is 0 Å². The second-order valence-corrected chi connectivity index (χ2v) is 5.41. The summed E-state index contributed by atoms with van der Waals surface area (Å²) >= 11 is 0. The molecule has 0 saturated heterocycles. The van der Waals surface area contributed by atoms with E-state index in [4.69, 9.17) is 21.2 Å².